The zero-order chi connectivity index (χ0) is 23.5. The van der Waals surface area contributed by atoms with E-state index in [2.05, 4.69) is 30.3 Å². The van der Waals surface area contributed by atoms with Crippen molar-refractivity contribution in [2.24, 2.45) is 0 Å². The fourth-order valence-corrected chi connectivity index (χ4v) is 3.91. The van der Waals surface area contributed by atoms with E-state index in [9.17, 15) is 4.79 Å². The minimum atomic E-state index is -0.369. The Kier molecular flexibility index (Phi) is 5.88. The van der Waals surface area contributed by atoms with Crippen LogP contribution in [0.3, 0.4) is 0 Å². The average Bonchev–Trinajstić information content (AvgIpc) is 3.23. The predicted molar refractivity (Wildman–Crippen MR) is 134 cm³/mol. The molecule has 0 aliphatic carbocycles. The molecule has 0 spiro atoms. The molecule has 0 radical (unpaired) electrons. The number of benzene rings is 4. The van der Waals surface area contributed by atoms with E-state index in [1.807, 2.05) is 61.5 Å². The number of aryl methyl sites for hydroxylation is 1. The molecular formula is C30H24O4. The van der Waals surface area contributed by atoms with E-state index in [4.69, 9.17) is 14.2 Å². The molecule has 4 aromatic rings. The molecule has 0 saturated heterocycles. The summed E-state index contributed by atoms with van der Waals surface area (Å²) in [7, 11) is 1.61. The van der Waals surface area contributed by atoms with Gasteiger partial charge in [-0.1, -0.05) is 72.3 Å². The highest BCUT2D eigenvalue weighted by molar-refractivity contribution is 6.05. The van der Waals surface area contributed by atoms with Gasteiger partial charge in [0.25, 0.3) is 0 Å². The zero-order valence-corrected chi connectivity index (χ0v) is 19.1. The summed E-state index contributed by atoms with van der Waals surface area (Å²) in [5.41, 5.74) is 4.41. The summed E-state index contributed by atoms with van der Waals surface area (Å²) in [6.07, 6.45) is 3.56. The van der Waals surface area contributed by atoms with E-state index >= 15 is 0 Å². The van der Waals surface area contributed by atoms with Gasteiger partial charge in [0.1, 0.15) is 12.4 Å². The van der Waals surface area contributed by atoms with Gasteiger partial charge in [-0.3, -0.25) is 0 Å². The first-order valence-electron chi connectivity index (χ1n) is 11.1. The van der Waals surface area contributed by atoms with Gasteiger partial charge in [0, 0.05) is 5.56 Å². The van der Waals surface area contributed by atoms with Crippen LogP contribution < -0.4 is 9.47 Å². The highest BCUT2D eigenvalue weighted by Gasteiger charge is 2.22. The summed E-state index contributed by atoms with van der Waals surface area (Å²) >= 11 is 0. The predicted octanol–water partition coefficient (Wildman–Crippen LogP) is 6.72. The Morgan fingerprint density at radius 3 is 2.44 bits per heavy atom. The lowest BCUT2D eigenvalue weighted by Crippen LogP contribution is -1.99. The van der Waals surface area contributed by atoms with Crippen LogP contribution in [0.4, 0.5) is 0 Å². The van der Waals surface area contributed by atoms with Crippen molar-refractivity contribution in [2.75, 3.05) is 7.11 Å². The minimum absolute atomic E-state index is 0.369. The SMILES string of the molecule is COc1cc(/C=C2\C=C(c3ccc(C)cc3)OC2=O)ccc1OCc1ccc2ccccc2c1. The third-order valence-corrected chi connectivity index (χ3v) is 5.78. The van der Waals surface area contributed by atoms with E-state index < -0.39 is 0 Å². The lowest BCUT2D eigenvalue weighted by molar-refractivity contribution is -0.130. The van der Waals surface area contributed by atoms with Crippen molar-refractivity contribution in [3.8, 4) is 11.5 Å². The van der Waals surface area contributed by atoms with Crippen LogP contribution >= 0.6 is 0 Å². The number of methoxy groups -OCH3 is 1. The van der Waals surface area contributed by atoms with E-state index in [0.717, 1.165) is 22.3 Å². The van der Waals surface area contributed by atoms with Gasteiger partial charge in [0.2, 0.25) is 0 Å². The van der Waals surface area contributed by atoms with Crippen molar-refractivity contribution in [2.45, 2.75) is 13.5 Å². The third-order valence-electron chi connectivity index (χ3n) is 5.78. The van der Waals surface area contributed by atoms with E-state index in [1.165, 1.54) is 10.8 Å². The number of rotatable bonds is 6. The first-order valence-corrected chi connectivity index (χ1v) is 11.1. The Labute approximate surface area is 198 Å². The first kappa shape index (κ1) is 21.5. The standard InChI is InChI=1S/C30H24O4/c1-20-7-11-24(12-8-20)28-18-26(30(31)34-28)15-21-10-14-27(29(17-21)32-2)33-19-22-9-13-23-5-3-4-6-25(23)16-22/h3-18H,19H2,1-2H3/b26-15+. The number of carbonyl (C=O) groups is 1. The molecular weight excluding hydrogens is 424 g/mol. The Bertz CT molecular complexity index is 1430. The fraction of sp³-hybridized carbons (Fsp3) is 0.100. The first-order chi connectivity index (χ1) is 16.6. The Morgan fingerprint density at radius 2 is 1.65 bits per heavy atom. The third kappa shape index (κ3) is 4.57. The van der Waals surface area contributed by atoms with Gasteiger partial charge < -0.3 is 14.2 Å². The van der Waals surface area contributed by atoms with Gasteiger partial charge in [-0.15, -0.1) is 0 Å². The van der Waals surface area contributed by atoms with Crippen molar-refractivity contribution in [1.29, 1.82) is 0 Å². The molecule has 5 rings (SSSR count). The second kappa shape index (κ2) is 9.28. The molecule has 168 valence electrons. The number of carbonyl (C=O) groups excluding carboxylic acids is 1. The molecule has 0 unspecified atom stereocenters. The molecule has 0 amide bonds. The lowest BCUT2D eigenvalue weighted by atomic mass is 10.1. The summed E-state index contributed by atoms with van der Waals surface area (Å²) in [5.74, 6) is 1.43. The molecule has 1 heterocycles. The van der Waals surface area contributed by atoms with Crippen LogP contribution in [-0.4, -0.2) is 13.1 Å². The van der Waals surface area contributed by atoms with Crippen molar-refractivity contribution < 1.29 is 19.0 Å². The van der Waals surface area contributed by atoms with Crippen molar-refractivity contribution in [3.05, 3.63) is 119 Å². The summed E-state index contributed by atoms with van der Waals surface area (Å²) in [4.78, 5) is 12.4. The van der Waals surface area contributed by atoms with Crippen LogP contribution in [0.25, 0.3) is 22.6 Å². The van der Waals surface area contributed by atoms with Crippen molar-refractivity contribution >= 4 is 28.6 Å². The molecule has 0 saturated carbocycles. The monoisotopic (exact) mass is 448 g/mol. The fourth-order valence-electron chi connectivity index (χ4n) is 3.91. The van der Waals surface area contributed by atoms with Gasteiger partial charge in [0.05, 0.1) is 12.7 Å². The molecule has 1 aliphatic rings. The molecule has 0 N–H and O–H groups in total. The molecule has 4 nitrogen and oxygen atoms in total. The minimum Gasteiger partial charge on any atom is -0.493 e. The van der Waals surface area contributed by atoms with Gasteiger partial charge in [-0.2, -0.15) is 0 Å². The maximum atomic E-state index is 12.4. The molecule has 4 aromatic carbocycles. The van der Waals surface area contributed by atoms with Crippen LogP contribution in [0.15, 0.2) is 96.6 Å². The highest BCUT2D eigenvalue weighted by atomic mass is 16.5. The second-order valence-corrected chi connectivity index (χ2v) is 8.24. The topological polar surface area (TPSA) is 44.8 Å². The number of fused-ring (bicyclic) bond motifs is 1. The molecule has 0 atom stereocenters. The number of hydrogen-bond donors (Lipinski definition) is 0. The maximum absolute atomic E-state index is 12.4. The summed E-state index contributed by atoms with van der Waals surface area (Å²) < 4.78 is 17.1. The lowest BCUT2D eigenvalue weighted by Gasteiger charge is -2.12. The van der Waals surface area contributed by atoms with Gasteiger partial charge in [-0.05, 0) is 59.2 Å². The number of ether oxygens (including phenoxy) is 3. The number of hydrogen-bond acceptors (Lipinski definition) is 4. The molecule has 4 heteroatoms. The Hall–Kier alpha value is -4.31. The van der Waals surface area contributed by atoms with Gasteiger partial charge in [-0.25, -0.2) is 4.79 Å². The number of esters is 1. The van der Waals surface area contributed by atoms with Crippen molar-refractivity contribution in [3.63, 3.8) is 0 Å². The van der Waals surface area contributed by atoms with Crippen LogP contribution in [0.1, 0.15) is 22.3 Å². The maximum Gasteiger partial charge on any atom is 0.343 e. The summed E-state index contributed by atoms with van der Waals surface area (Å²) in [6.45, 7) is 2.45. The Balaban J connectivity index is 1.34. The van der Waals surface area contributed by atoms with Crippen LogP contribution in [0.2, 0.25) is 0 Å². The smallest absolute Gasteiger partial charge is 0.343 e. The molecule has 0 bridgehead atoms. The molecule has 1 aliphatic heterocycles. The Morgan fingerprint density at radius 1 is 0.853 bits per heavy atom. The van der Waals surface area contributed by atoms with Crippen LogP contribution in [0.5, 0.6) is 11.5 Å². The quantitative estimate of drug-likeness (QED) is 0.243. The summed E-state index contributed by atoms with van der Waals surface area (Å²) in [6, 6.07) is 28.0. The highest BCUT2D eigenvalue weighted by Crippen LogP contribution is 2.32. The molecule has 0 aromatic heterocycles. The average molecular weight is 449 g/mol. The normalized spacial score (nSPS) is 14.2. The number of cyclic esters (lactones) is 1. The molecule has 34 heavy (non-hydrogen) atoms. The largest absolute Gasteiger partial charge is 0.493 e. The second-order valence-electron chi connectivity index (χ2n) is 8.24. The molecule has 0 fully saturated rings. The van der Waals surface area contributed by atoms with E-state index in [1.54, 1.807) is 19.3 Å². The van der Waals surface area contributed by atoms with Gasteiger partial charge >= 0.3 is 5.97 Å². The zero-order valence-electron chi connectivity index (χ0n) is 19.1. The van der Waals surface area contributed by atoms with E-state index in [0.29, 0.717) is 29.4 Å². The van der Waals surface area contributed by atoms with Crippen LogP contribution in [0, 0.1) is 6.92 Å². The van der Waals surface area contributed by atoms with Crippen molar-refractivity contribution in [1.82, 2.24) is 0 Å². The van der Waals surface area contributed by atoms with Crippen LogP contribution in [-0.2, 0) is 16.1 Å². The van der Waals surface area contributed by atoms with E-state index in [-0.39, 0.29) is 5.97 Å². The summed E-state index contributed by atoms with van der Waals surface area (Å²) in [5, 5.41) is 2.38. The van der Waals surface area contributed by atoms with Gasteiger partial charge in [0.15, 0.2) is 11.5 Å².